The number of ether oxygens (including phenoxy) is 1. The first-order valence-electron chi connectivity index (χ1n) is 13.7. The lowest BCUT2D eigenvalue weighted by Crippen LogP contribution is -2.31. The molecule has 13 heteroatoms. The van der Waals surface area contributed by atoms with E-state index in [2.05, 4.69) is 35.4 Å². The SMILES string of the molecule is COC(=O)c1ccc2c(c1)[nH]c1nc(C(=O)c3cccc(C4(C(F)(F)F)N=N4)c3)nc(NCCCN3CCCCC3)c12. The van der Waals surface area contributed by atoms with E-state index in [4.69, 9.17) is 4.74 Å². The summed E-state index contributed by atoms with van der Waals surface area (Å²) in [5, 5.41) is 11.2. The molecule has 10 nitrogen and oxygen atoms in total. The molecule has 218 valence electrons. The number of rotatable bonds is 9. The van der Waals surface area contributed by atoms with Crippen LogP contribution in [-0.4, -0.2) is 71.1 Å². The van der Waals surface area contributed by atoms with Gasteiger partial charge in [0.05, 0.1) is 18.1 Å². The van der Waals surface area contributed by atoms with Crippen LogP contribution in [0.2, 0.25) is 0 Å². The van der Waals surface area contributed by atoms with E-state index in [1.54, 1.807) is 18.2 Å². The van der Waals surface area contributed by atoms with Crippen molar-refractivity contribution < 1.29 is 27.5 Å². The fourth-order valence-electron chi connectivity index (χ4n) is 5.42. The molecule has 0 aliphatic carbocycles. The summed E-state index contributed by atoms with van der Waals surface area (Å²) < 4.78 is 45.6. The van der Waals surface area contributed by atoms with E-state index in [1.165, 1.54) is 44.6 Å². The molecular formula is C29H28F3N7O3. The lowest BCUT2D eigenvalue weighted by atomic mass is 9.98. The first-order chi connectivity index (χ1) is 20.2. The van der Waals surface area contributed by atoms with E-state index < -0.39 is 23.6 Å². The standard InChI is InChI=1S/C29H28F3N7O3/c1-42-27(41)18-9-10-20-21(16-18)34-25-22(20)24(33-11-6-14-39-12-3-2-4-13-39)35-26(36-25)23(40)17-7-5-8-19(15-17)28(37-38-28)29(30,31)32/h5,7-10,15-16H,2-4,6,11-14H2,1H3,(H2,33,34,35,36). The zero-order valence-electron chi connectivity index (χ0n) is 22.8. The third-order valence-electron chi connectivity index (χ3n) is 7.69. The van der Waals surface area contributed by atoms with Crippen molar-refractivity contribution in [2.45, 2.75) is 37.5 Å². The van der Waals surface area contributed by atoms with Gasteiger partial charge in [-0.05, 0) is 57.1 Å². The van der Waals surface area contributed by atoms with Crippen LogP contribution in [0.5, 0.6) is 0 Å². The summed E-state index contributed by atoms with van der Waals surface area (Å²) in [7, 11) is 1.30. The zero-order valence-corrected chi connectivity index (χ0v) is 22.8. The van der Waals surface area contributed by atoms with E-state index in [-0.39, 0.29) is 17.0 Å². The van der Waals surface area contributed by atoms with Crippen LogP contribution in [0.15, 0.2) is 52.7 Å². The Bertz CT molecular complexity index is 1700. The van der Waals surface area contributed by atoms with Crippen molar-refractivity contribution in [1.82, 2.24) is 19.9 Å². The number of hydrogen-bond acceptors (Lipinski definition) is 9. The van der Waals surface area contributed by atoms with Crippen molar-refractivity contribution in [2.75, 3.05) is 38.6 Å². The maximum Gasteiger partial charge on any atom is 0.442 e. The van der Waals surface area contributed by atoms with Crippen molar-refractivity contribution in [3.63, 3.8) is 0 Å². The van der Waals surface area contributed by atoms with E-state index in [1.807, 2.05) is 0 Å². The first-order valence-corrected chi connectivity index (χ1v) is 13.7. The molecule has 0 atom stereocenters. The minimum Gasteiger partial charge on any atom is -0.465 e. The highest BCUT2D eigenvalue weighted by atomic mass is 19.4. The normalized spacial score (nSPS) is 16.6. The van der Waals surface area contributed by atoms with Crippen LogP contribution in [-0.2, 0) is 10.4 Å². The molecule has 2 N–H and O–H groups in total. The predicted octanol–water partition coefficient (Wildman–Crippen LogP) is 5.60. The van der Waals surface area contributed by atoms with Crippen LogP contribution in [0.1, 0.15) is 57.8 Å². The molecule has 2 aromatic carbocycles. The molecule has 0 spiro atoms. The van der Waals surface area contributed by atoms with Gasteiger partial charge >= 0.3 is 17.8 Å². The number of methoxy groups -OCH3 is 1. The fraction of sp³-hybridized carbons (Fsp3) is 0.379. The summed E-state index contributed by atoms with van der Waals surface area (Å²) in [6, 6.07) is 10.2. The number of aromatic nitrogens is 3. The molecule has 1 saturated heterocycles. The molecule has 4 heterocycles. The third kappa shape index (κ3) is 5.08. The Morgan fingerprint density at radius 2 is 1.83 bits per heavy atom. The molecule has 1 fully saturated rings. The van der Waals surface area contributed by atoms with Crippen molar-refractivity contribution >= 4 is 39.5 Å². The number of nitrogens with zero attached hydrogens (tertiary/aromatic N) is 5. The molecule has 0 unspecified atom stereocenters. The average molecular weight is 580 g/mol. The minimum absolute atomic E-state index is 0.0205. The number of benzene rings is 2. The Labute approximate surface area is 238 Å². The maximum atomic E-state index is 13.6. The van der Waals surface area contributed by atoms with Gasteiger partial charge in [-0.15, -0.1) is 10.2 Å². The monoisotopic (exact) mass is 579 g/mol. The number of hydrogen-bond donors (Lipinski definition) is 2. The Morgan fingerprint density at radius 3 is 2.55 bits per heavy atom. The van der Waals surface area contributed by atoms with Crippen molar-refractivity contribution in [1.29, 1.82) is 0 Å². The van der Waals surface area contributed by atoms with Crippen LogP contribution < -0.4 is 5.32 Å². The lowest BCUT2D eigenvalue weighted by Gasteiger charge is -2.26. The fourth-order valence-corrected chi connectivity index (χ4v) is 5.42. The van der Waals surface area contributed by atoms with Gasteiger partial charge in [-0.3, -0.25) is 4.79 Å². The van der Waals surface area contributed by atoms with Gasteiger partial charge in [-0.1, -0.05) is 30.7 Å². The topological polar surface area (TPSA) is 125 Å². The second-order valence-electron chi connectivity index (χ2n) is 10.5. The number of halogens is 3. The Morgan fingerprint density at radius 1 is 1.05 bits per heavy atom. The molecule has 0 amide bonds. The molecule has 2 aliphatic rings. The predicted molar refractivity (Wildman–Crippen MR) is 149 cm³/mol. The van der Waals surface area contributed by atoms with Gasteiger partial charge in [-0.25, -0.2) is 14.8 Å². The number of carbonyl (C=O) groups is 2. The van der Waals surface area contributed by atoms with Gasteiger partial charge in [0, 0.05) is 28.6 Å². The molecule has 0 radical (unpaired) electrons. The third-order valence-corrected chi connectivity index (χ3v) is 7.69. The summed E-state index contributed by atoms with van der Waals surface area (Å²) in [6.07, 6.45) is -0.225. The number of piperidine rings is 1. The Kier molecular flexibility index (Phi) is 7.13. The van der Waals surface area contributed by atoms with E-state index in [9.17, 15) is 22.8 Å². The second kappa shape index (κ2) is 10.8. The second-order valence-corrected chi connectivity index (χ2v) is 10.5. The number of anilines is 1. The zero-order chi connectivity index (χ0) is 29.5. The van der Waals surface area contributed by atoms with Crippen molar-refractivity contribution in [3.8, 4) is 0 Å². The number of esters is 1. The van der Waals surface area contributed by atoms with Crippen LogP contribution in [0.3, 0.4) is 0 Å². The summed E-state index contributed by atoms with van der Waals surface area (Å²) in [5.41, 5.74) is -1.65. The highest BCUT2D eigenvalue weighted by Gasteiger charge is 2.65. The highest BCUT2D eigenvalue weighted by molar-refractivity contribution is 6.14. The number of carbonyl (C=O) groups excluding carboxylic acids is 2. The molecule has 0 bridgehead atoms. The smallest absolute Gasteiger partial charge is 0.442 e. The Hall–Kier alpha value is -4.39. The number of likely N-dealkylation sites (tertiary alicyclic amines) is 1. The lowest BCUT2D eigenvalue weighted by molar-refractivity contribution is -0.166. The van der Waals surface area contributed by atoms with Crippen LogP contribution in [0.4, 0.5) is 19.0 Å². The van der Waals surface area contributed by atoms with E-state index >= 15 is 0 Å². The van der Waals surface area contributed by atoms with Crippen LogP contribution in [0, 0.1) is 0 Å². The van der Waals surface area contributed by atoms with Gasteiger partial charge in [0.1, 0.15) is 11.5 Å². The van der Waals surface area contributed by atoms with Gasteiger partial charge in [0.15, 0.2) is 0 Å². The van der Waals surface area contributed by atoms with Crippen LogP contribution >= 0.6 is 0 Å². The molecule has 4 aromatic rings. The molecule has 42 heavy (non-hydrogen) atoms. The summed E-state index contributed by atoms with van der Waals surface area (Å²) >= 11 is 0. The number of ketones is 1. The molecule has 2 aliphatic heterocycles. The number of nitrogens with one attached hydrogen (secondary N) is 2. The summed E-state index contributed by atoms with van der Waals surface area (Å²) in [5.74, 6) is -0.931. The first kappa shape index (κ1) is 27.8. The number of aromatic amines is 1. The van der Waals surface area contributed by atoms with E-state index in [0.717, 1.165) is 37.5 Å². The van der Waals surface area contributed by atoms with Crippen LogP contribution in [0.25, 0.3) is 21.9 Å². The van der Waals surface area contributed by atoms with Gasteiger partial charge in [0.25, 0.3) is 0 Å². The van der Waals surface area contributed by atoms with E-state index in [0.29, 0.717) is 34.5 Å². The molecule has 6 rings (SSSR count). The number of H-pyrrole nitrogens is 1. The maximum absolute atomic E-state index is 13.6. The molecule has 2 aromatic heterocycles. The number of fused-ring (bicyclic) bond motifs is 3. The Balaban J connectivity index is 1.35. The van der Waals surface area contributed by atoms with Crippen molar-refractivity contribution in [2.24, 2.45) is 10.2 Å². The summed E-state index contributed by atoms with van der Waals surface area (Å²) in [4.78, 5) is 40.2. The molecule has 0 saturated carbocycles. The quantitative estimate of drug-likeness (QED) is 0.150. The highest BCUT2D eigenvalue weighted by Crippen LogP contribution is 2.52. The summed E-state index contributed by atoms with van der Waals surface area (Å²) in [6.45, 7) is 3.66. The van der Waals surface area contributed by atoms with Gasteiger partial charge in [0.2, 0.25) is 11.6 Å². The van der Waals surface area contributed by atoms with Crippen molar-refractivity contribution in [3.05, 3.63) is 65.0 Å². The molecular weight excluding hydrogens is 551 g/mol. The van der Waals surface area contributed by atoms with Gasteiger partial charge in [-0.2, -0.15) is 13.2 Å². The minimum atomic E-state index is -4.72. The number of alkyl halides is 3. The average Bonchev–Trinajstić information content (AvgIpc) is 3.75. The van der Waals surface area contributed by atoms with Gasteiger partial charge < -0.3 is 19.9 Å². The largest absolute Gasteiger partial charge is 0.465 e.